The van der Waals surface area contributed by atoms with Crippen molar-refractivity contribution in [1.29, 1.82) is 0 Å². The Hall–Kier alpha value is -2.07. The summed E-state index contributed by atoms with van der Waals surface area (Å²) in [6.07, 6.45) is 1.78. The lowest BCUT2D eigenvalue weighted by molar-refractivity contribution is -0.401. The number of hydrogen-bond donors (Lipinski definition) is 0. The summed E-state index contributed by atoms with van der Waals surface area (Å²) < 4.78 is 2.08. The minimum absolute atomic E-state index is 0.0809. The van der Waals surface area contributed by atoms with Gasteiger partial charge in [-0.3, -0.25) is 14.5 Å². The van der Waals surface area contributed by atoms with Crippen LogP contribution in [0.2, 0.25) is 0 Å². The largest absolute Gasteiger partial charge is 0.293 e. The number of Topliss-reactive ketones (excluding diaryl/α,β-unsaturated/α-hetero) is 2. The lowest BCUT2D eigenvalue weighted by Gasteiger charge is -2.31. The molecular weight excluding hydrogens is 276 g/mol. The molecule has 0 spiro atoms. The van der Waals surface area contributed by atoms with E-state index in [1.54, 1.807) is 25.1 Å². The fraction of sp³-hybridized carbons (Fsp3) is 0.389. The standard InChI is InChI=1S/C18H21N2O2/c1-18(2)12-8-6-7-9-13(12)20(5)14(18)10-11-16(21)15(17(11)22)19(3)4/h6-10,15H,1-5H3/q+1. The van der Waals surface area contributed by atoms with E-state index in [-0.39, 0.29) is 17.0 Å². The molecule has 1 saturated carbocycles. The summed E-state index contributed by atoms with van der Waals surface area (Å²) in [6.45, 7) is 4.25. The lowest BCUT2D eigenvalue weighted by atomic mass is 9.76. The van der Waals surface area contributed by atoms with Gasteiger partial charge in [-0.2, -0.15) is 4.58 Å². The second kappa shape index (κ2) is 4.71. The van der Waals surface area contributed by atoms with Gasteiger partial charge >= 0.3 is 0 Å². The summed E-state index contributed by atoms with van der Waals surface area (Å²) in [6, 6.07) is 7.58. The number of carbonyl (C=O) groups is 2. The quantitative estimate of drug-likeness (QED) is 0.361. The highest BCUT2D eigenvalue weighted by Crippen LogP contribution is 2.39. The smallest absolute Gasteiger partial charge is 0.209 e. The van der Waals surface area contributed by atoms with Crippen molar-refractivity contribution in [2.45, 2.75) is 25.3 Å². The highest BCUT2D eigenvalue weighted by atomic mass is 16.2. The van der Waals surface area contributed by atoms with Gasteiger partial charge in [0.1, 0.15) is 13.1 Å². The Morgan fingerprint density at radius 1 is 1.14 bits per heavy atom. The predicted octanol–water partition coefficient (Wildman–Crippen LogP) is 1.70. The van der Waals surface area contributed by atoms with Crippen LogP contribution in [0.15, 0.2) is 35.9 Å². The van der Waals surface area contributed by atoms with E-state index in [0.29, 0.717) is 5.57 Å². The normalized spacial score (nSPS) is 23.0. The first-order valence-corrected chi connectivity index (χ1v) is 7.44. The molecule has 0 atom stereocenters. The zero-order valence-electron chi connectivity index (χ0n) is 13.7. The van der Waals surface area contributed by atoms with Crippen molar-refractivity contribution in [3.05, 3.63) is 41.5 Å². The van der Waals surface area contributed by atoms with Gasteiger partial charge < -0.3 is 0 Å². The highest BCUT2D eigenvalue weighted by Gasteiger charge is 2.49. The molecule has 0 amide bonds. The number of benzene rings is 1. The van der Waals surface area contributed by atoms with Gasteiger partial charge in [-0.1, -0.05) is 18.2 Å². The topological polar surface area (TPSA) is 40.4 Å². The molecule has 0 unspecified atom stereocenters. The first kappa shape index (κ1) is 14.9. The molecule has 4 nitrogen and oxygen atoms in total. The second-order valence-electron chi connectivity index (χ2n) is 6.74. The molecule has 0 aromatic heterocycles. The monoisotopic (exact) mass is 297 g/mol. The number of ketones is 2. The third kappa shape index (κ3) is 1.83. The molecule has 4 heteroatoms. The van der Waals surface area contributed by atoms with Crippen LogP contribution in [-0.4, -0.2) is 53.9 Å². The van der Waals surface area contributed by atoms with Gasteiger partial charge in [-0.25, -0.2) is 0 Å². The Balaban J connectivity index is 2.05. The molecule has 1 aliphatic carbocycles. The molecule has 1 aliphatic heterocycles. The molecule has 0 radical (unpaired) electrons. The van der Waals surface area contributed by atoms with Crippen LogP contribution in [0.4, 0.5) is 5.69 Å². The Bertz CT molecular complexity index is 736. The molecule has 3 rings (SSSR count). The molecule has 1 heterocycles. The van der Waals surface area contributed by atoms with Crippen LogP contribution in [0, 0.1) is 0 Å². The van der Waals surface area contributed by atoms with Crippen LogP contribution in [0.1, 0.15) is 19.4 Å². The number of hydrogen-bond acceptors (Lipinski definition) is 3. The van der Waals surface area contributed by atoms with Gasteiger partial charge in [0.15, 0.2) is 17.3 Å². The van der Waals surface area contributed by atoms with Crippen molar-refractivity contribution in [3.63, 3.8) is 0 Å². The first-order chi connectivity index (χ1) is 10.3. The minimum Gasteiger partial charge on any atom is -0.293 e. The van der Waals surface area contributed by atoms with Gasteiger partial charge in [0, 0.05) is 17.7 Å². The van der Waals surface area contributed by atoms with E-state index in [1.807, 2.05) is 19.2 Å². The molecule has 2 aliphatic rings. The maximum Gasteiger partial charge on any atom is 0.209 e. The Kier molecular flexibility index (Phi) is 3.18. The second-order valence-corrected chi connectivity index (χ2v) is 6.74. The number of nitrogens with zero attached hydrogens (tertiary/aromatic N) is 2. The molecule has 1 fully saturated rings. The van der Waals surface area contributed by atoms with Crippen LogP contribution >= 0.6 is 0 Å². The average Bonchev–Trinajstić information content (AvgIpc) is 2.64. The van der Waals surface area contributed by atoms with Crippen LogP contribution in [-0.2, 0) is 15.0 Å². The molecule has 22 heavy (non-hydrogen) atoms. The summed E-state index contributed by atoms with van der Waals surface area (Å²) in [7, 11) is 5.49. The molecular formula is C18H21N2O2+. The van der Waals surface area contributed by atoms with Crippen LogP contribution in [0.25, 0.3) is 0 Å². The van der Waals surface area contributed by atoms with Crippen LogP contribution in [0.3, 0.4) is 0 Å². The summed E-state index contributed by atoms with van der Waals surface area (Å²) in [5, 5.41) is 0. The van der Waals surface area contributed by atoms with Crippen molar-refractivity contribution in [3.8, 4) is 0 Å². The van der Waals surface area contributed by atoms with E-state index in [9.17, 15) is 9.59 Å². The molecule has 1 aromatic carbocycles. The maximum absolute atomic E-state index is 12.2. The molecule has 1 aromatic rings. The van der Waals surface area contributed by atoms with E-state index in [2.05, 4.69) is 30.6 Å². The SMILES string of the molecule is CN(C)C1C(=O)C(=CC2=[N+](C)c3ccccc3C2(C)C)C1=O. The Morgan fingerprint density at radius 3 is 2.27 bits per heavy atom. The highest BCUT2D eigenvalue weighted by molar-refractivity contribution is 6.43. The van der Waals surface area contributed by atoms with Gasteiger partial charge in [0.2, 0.25) is 5.69 Å². The fourth-order valence-corrected chi connectivity index (χ4v) is 3.46. The van der Waals surface area contributed by atoms with E-state index in [4.69, 9.17) is 0 Å². The average molecular weight is 297 g/mol. The third-order valence-electron chi connectivity index (χ3n) is 4.77. The van der Waals surface area contributed by atoms with Gasteiger partial charge in [0.05, 0.1) is 11.0 Å². The van der Waals surface area contributed by atoms with Crippen molar-refractivity contribution in [2.24, 2.45) is 0 Å². The Labute approximate surface area is 130 Å². The molecule has 114 valence electrons. The first-order valence-electron chi connectivity index (χ1n) is 7.44. The van der Waals surface area contributed by atoms with Crippen molar-refractivity contribution < 1.29 is 14.2 Å². The van der Waals surface area contributed by atoms with E-state index in [0.717, 1.165) is 11.4 Å². The number of likely N-dealkylation sites (N-methyl/N-ethyl adjacent to an activating group) is 1. The number of allylic oxidation sites excluding steroid dienone is 1. The van der Waals surface area contributed by atoms with E-state index < -0.39 is 6.04 Å². The predicted molar refractivity (Wildman–Crippen MR) is 85.9 cm³/mol. The summed E-state index contributed by atoms with van der Waals surface area (Å²) in [4.78, 5) is 26.1. The zero-order chi connectivity index (χ0) is 16.2. The van der Waals surface area contributed by atoms with Gasteiger partial charge in [-0.15, -0.1) is 0 Å². The summed E-state index contributed by atoms with van der Waals surface area (Å²) >= 11 is 0. The van der Waals surface area contributed by atoms with Crippen molar-refractivity contribution in [1.82, 2.24) is 4.90 Å². The van der Waals surface area contributed by atoms with Gasteiger partial charge in [0.25, 0.3) is 0 Å². The fourth-order valence-electron chi connectivity index (χ4n) is 3.46. The third-order valence-corrected chi connectivity index (χ3v) is 4.77. The number of fused-ring (bicyclic) bond motifs is 1. The molecule has 0 bridgehead atoms. The van der Waals surface area contributed by atoms with Crippen LogP contribution < -0.4 is 0 Å². The molecule has 0 saturated heterocycles. The minimum atomic E-state index is -0.607. The van der Waals surface area contributed by atoms with Crippen molar-refractivity contribution >= 4 is 23.0 Å². The van der Waals surface area contributed by atoms with E-state index in [1.165, 1.54) is 5.56 Å². The maximum atomic E-state index is 12.2. The summed E-state index contributed by atoms with van der Waals surface area (Å²) in [5.41, 5.74) is 3.43. The lowest BCUT2D eigenvalue weighted by Crippen LogP contribution is -2.55. The number of rotatable bonds is 2. The van der Waals surface area contributed by atoms with Crippen molar-refractivity contribution in [2.75, 3.05) is 21.1 Å². The van der Waals surface area contributed by atoms with E-state index >= 15 is 0 Å². The van der Waals surface area contributed by atoms with Gasteiger partial charge in [-0.05, 0) is 27.9 Å². The number of carbonyl (C=O) groups excluding carboxylic acids is 2. The number of para-hydroxylation sites is 1. The van der Waals surface area contributed by atoms with Crippen LogP contribution in [0.5, 0.6) is 0 Å². The zero-order valence-corrected chi connectivity index (χ0v) is 13.7. The Morgan fingerprint density at radius 2 is 1.73 bits per heavy atom. The molecule has 0 N–H and O–H groups in total. The summed E-state index contributed by atoms with van der Waals surface area (Å²) in [5.74, 6) is -0.162.